The van der Waals surface area contributed by atoms with E-state index in [9.17, 15) is 18.0 Å². The van der Waals surface area contributed by atoms with E-state index in [0.29, 0.717) is 25.1 Å². The lowest BCUT2D eigenvalue weighted by Gasteiger charge is -2.25. The van der Waals surface area contributed by atoms with Crippen LogP contribution in [0.1, 0.15) is 49.8 Å². The maximum atomic E-state index is 13.5. The number of fused-ring (bicyclic) bond motifs is 1. The SMILES string of the molecule is Cc1[nH]c2c(NC(=C/S(=O)(=O)C3C=CC=CC3)/N=C\C3CCCCN(CC(=O)N4CCCC4)C3=O)cccc2c1C. The summed E-state index contributed by atoms with van der Waals surface area (Å²) in [4.78, 5) is 37.7. The summed E-state index contributed by atoms with van der Waals surface area (Å²) in [6, 6.07) is 5.81. The summed E-state index contributed by atoms with van der Waals surface area (Å²) in [5.41, 5.74) is 3.71. The minimum Gasteiger partial charge on any atom is -0.357 e. The van der Waals surface area contributed by atoms with Gasteiger partial charge in [0.25, 0.3) is 0 Å². The lowest BCUT2D eigenvalue weighted by Crippen LogP contribution is -2.43. The van der Waals surface area contributed by atoms with Crippen molar-refractivity contribution in [3.8, 4) is 0 Å². The van der Waals surface area contributed by atoms with Gasteiger partial charge in [0.15, 0.2) is 9.84 Å². The minimum absolute atomic E-state index is 0.0130. The van der Waals surface area contributed by atoms with Gasteiger partial charge >= 0.3 is 0 Å². The molecule has 9 nitrogen and oxygen atoms in total. The summed E-state index contributed by atoms with van der Waals surface area (Å²) in [7, 11) is -3.70. The molecule has 5 rings (SSSR count). The van der Waals surface area contributed by atoms with Crippen LogP contribution in [0.5, 0.6) is 0 Å². The molecule has 3 aliphatic rings. The van der Waals surface area contributed by atoms with Gasteiger partial charge < -0.3 is 20.1 Å². The van der Waals surface area contributed by atoms with Crippen LogP contribution in [0.3, 0.4) is 0 Å². The van der Waals surface area contributed by atoms with Gasteiger partial charge in [-0.25, -0.2) is 13.4 Å². The van der Waals surface area contributed by atoms with E-state index in [1.54, 1.807) is 23.3 Å². The van der Waals surface area contributed by atoms with Crippen molar-refractivity contribution in [2.45, 2.75) is 57.6 Å². The summed E-state index contributed by atoms with van der Waals surface area (Å²) in [6.07, 6.45) is 13.3. The van der Waals surface area contributed by atoms with Crippen molar-refractivity contribution >= 4 is 44.5 Å². The molecule has 41 heavy (non-hydrogen) atoms. The largest absolute Gasteiger partial charge is 0.357 e. The molecular weight excluding hydrogens is 538 g/mol. The molecule has 3 heterocycles. The first-order chi connectivity index (χ1) is 19.7. The van der Waals surface area contributed by atoms with Crippen molar-refractivity contribution in [3.05, 3.63) is 65.0 Å². The lowest BCUT2D eigenvalue weighted by molar-refractivity contribution is -0.140. The minimum atomic E-state index is -3.70. The molecule has 1 aliphatic carbocycles. The van der Waals surface area contributed by atoms with Crippen LogP contribution < -0.4 is 5.32 Å². The highest BCUT2D eigenvalue weighted by Crippen LogP contribution is 2.29. The zero-order chi connectivity index (χ0) is 29.0. The number of carbonyl (C=O) groups excluding carboxylic acids is 2. The number of aromatic amines is 1. The third-order valence-corrected chi connectivity index (χ3v) is 9.99. The van der Waals surface area contributed by atoms with Crippen molar-refractivity contribution in [2.24, 2.45) is 10.9 Å². The van der Waals surface area contributed by atoms with Gasteiger partial charge in [0, 0.05) is 36.9 Å². The Hall–Kier alpha value is -3.66. The third kappa shape index (κ3) is 6.64. The first-order valence-corrected chi connectivity index (χ1v) is 16.1. The van der Waals surface area contributed by atoms with Crippen molar-refractivity contribution in [3.63, 3.8) is 0 Å². The van der Waals surface area contributed by atoms with E-state index in [4.69, 9.17) is 0 Å². The van der Waals surface area contributed by atoms with Crippen molar-refractivity contribution in [1.29, 1.82) is 0 Å². The average molecular weight is 578 g/mol. The lowest BCUT2D eigenvalue weighted by atomic mass is 10.0. The number of H-pyrrole nitrogens is 1. The molecule has 218 valence electrons. The van der Waals surface area contributed by atoms with Crippen LogP contribution in [0.2, 0.25) is 0 Å². The molecule has 0 saturated carbocycles. The number of sulfone groups is 1. The smallest absolute Gasteiger partial charge is 0.242 e. The van der Waals surface area contributed by atoms with Gasteiger partial charge in [-0.05, 0) is 57.6 Å². The van der Waals surface area contributed by atoms with Crippen molar-refractivity contribution in [1.82, 2.24) is 14.8 Å². The number of nitrogens with one attached hydrogen (secondary N) is 2. The van der Waals surface area contributed by atoms with Crippen molar-refractivity contribution in [2.75, 3.05) is 31.5 Å². The number of hydrogen-bond acceptors (Lipinski definition) is 6. The van der Waals surface area contributed by atoms with Gasteiger partial charge in [-0.15, -0.1) is 0 Å². The molecule has 1 aromatic carbocycles. The van der Waals surface area contributed by atoms with Crippen LogP contribution in [0.4, 0.5) is 5.69 Å². The summed E-state index contributed by atoms with van der Waals surface area (Å²) in [5, 5.41) is 4.76. The van der Waals surface area contributed by atoms with Crippen LogP contribution in [-0.2, 0) is 19.4 Å². The molecule has 2 saturated heterocycles. The summed E-state index contributed by atoms with van der Waals surface area (Å²) in [5.74, 6) is -0.553. The first kappa shape index (κ1) is 28.9. The fraction of sp³-hybridized carbons (Fsp3) is 0.452. The number of aliphatic imine (C=N–C) groups is 1. The Morgan fingerprint density at radius 1 is 1.12 bits per heavy atom. The number of benzene rings is 1. The first-order valence-electron chi connectivity index (χ1n) is 14.5. The molecule has 2 N–H and O–H groups in total. The Balaban J connectivity index is 1.42. The van der Waals surface area contributed by atoms with Crippen LogP contribution >= 0.6 is 0 Å². The third-order valence-electron chi connectivity index (χ3n) is 8.25. The molecule has 2 fully saturated rings. The number of likely N-dealkylation sites (tertiary alicyclic amines) is 2. The quantitative estimate of drug-likeness (QED) is 0.445. The highest BCUT2D eigenvalue weighted by atomic mass is 32.2. The standard InChI is InChI=1S/C31H39N5O4S/c1-22-23(2)33-30-26(22)14-10-15-27(30)34-28(21-41(39,40)25-12-4-3-5-13-25)32-19-24-11-6-7-18-36(31(24)38)20-29(37)35-16-8-9-17-35/h3-5,10,12,14-15,19,21,24-25,33-34H,6-9,11,13,16-18,20H2,1-2H3/b28-21+,32-19-. The number of aryl methyl sites for hydroxylation is 2. The fourth-order valence-corrected chi connectivity index (χ4v) is 6.99. The van der Waals surface area contributed by atoms with Crippen molar-refractivity contribution < 1.29 is 18.0 Å². The number of carbonyl (C=O) groups is 2. The Bertz CT molecular complexity index is 1530. The van der Waals surface area contributed by atoms with E-state index in [1.165, 1.54) is 5.41 Å². The Labute approximate surface area is 242 Å². The summed E-state index contributed by atoms with van der Waals surface area (Å²) >= 11 is 0. The topological polar surface area (TPSA) is 115 Å². The molecule has 2 aromatic rings. The Kier molecular flexibility index (Phi) is 8.77. The van der Waals surface area contributed by atoms with Crippen LogP contribution in [0.15, 0.2) is 58.7 Å². The molecule has 1 aromatic heterocycles. The second-order valence-electron chi connectivity index (χ2n) is 11.1. The van der Waals surface area contributed by atoms with Gasteiger partial charge in [0.1, 0.15) is 5.82 Å². The van der Waals surface area contributed by atoms with Gasteiger partial charge in [-0.3, -0.25) is 9.59 Å². The van der Waals surface area contributed by atoms with Gasteiger partial charge in [0.2, 0.25) is 11.8 Å². The fourth-order valence-electron chi connectivity index (χ4n) is 5.69. The molecule has 2 atom stereocenters. The molecular formula is C31H39N5O4S. The molecule has 0 radical (unpaired) electrons. The second-order valence-corrected chi connectivity index (χ2v) is 13.2. The number of para-hydroxylation sites is 1. The van der Waals surface area contributed by atoms with Crippen LogP contribution in [-0.4, -0.2) is 72.7 Å². The number of allylic oxidation sites excluding steroid dienone is 3. The monoisotopic (exact) mass is 577 g/mol. The summed E-state index contributed by atoms with van der Waals surface area (Å²) in [6.45, 7) is 6.15. The molecule has 2 aliphatic heterocycles. The molecule has 10 heteroatoms. The zero-order valence-electron chi connectivity index (χ0n) is 23.8. The number of amides is 2. The van der Waals surface area contributed by atoms with Gasteiger partial charge in [0.05, 0.1) is 34.3 Å². The maximum absolute atomic E-state index is 13.5. The normalized spacial score (nSPS) is 22.2. The van der Waals surface area contributed by atoms with E-state index in [1.807, 2.05) is 49.1 Å². The van der Waals surface area contributed by atoms with E-state index < -0.39 is 21.0 Å². The van der Waals surface area contributed by atoms with E-state index in [2.05, 4.69) is 15.3 Å². The number of anilines is 1. The Morgan fingerprint density at radius 2 is 1.90 bits per heavy atom. The predicted octanol–water partition coefficient (Wildman–Crippen LogP) is 4.62. The number of nitrogens with zero attached hydrogens (tertiary/aromatic N) is 3. The Morgan fingerprint density at radius 3 is 2.66 bits per heavy atom. The van der Waals surface area contributed by atoms with Gasteiger partial charge in [-0.1, -0.05) is 42.9 Å². The molecule has 2 amide bonds. The predicted molar refractivity (Wildman–Crippen MR) is 163 cm³/mol. The maximum Gasteiger partial charge on any atom is 0.242 e. The molecule has 2 unspecified atom stereocenters. The summed E-state index contributed by atoms with van der Waals surface area (Å²) < 4.78 is 26.8. The number of hydrogen-bond donors (Lipinski definition) is 2. The second kappa shape index (κ2) is 12.5. The average Bonchev–Trinajstić information content (AvgIpc) is 3.57. The van der Waals surface area contributed by atoms with Crippen LogP contribution in [0, 0.1) is 19.8 Å². The van der Waals surface area contributed by atoms with E-state index in [-0.39, 0.29) is 24.2 Å². The van der Waals surface area contributed by atoms with E-state index >= 15 is 0 Å². The molecule has 0 bridgehead atoms. The molecule has 0 spiro atoms. The number of aromatic nitrogens is 1. The highest BCUT2D eigenvalue weighted by molar-refractivity contribution is 7.95. The van der Waals surface area contributed by atoms with Crippen LogP contribution in [0.25, 0.3) is 10.9 Å². The zero-order valence-corrected chi connectivity index (χ0v) is 24.6. The highest BCUT2D eigenvalue weighted by Gasteiger charge is 2.29. The van der Waals surface area contributed by atoms with Gasteiger partial charge in [-0.2, -0.15) is 0 Å². The number of rotatable bonds is 8. The van der Waals surface area contributed by atoms with E-state index in [0.717, 1.165) is 60.9 Å².